The molecule has 2 unspecified atom stereocenters. The summed E-state index contributed by atoms with van der Waals surface area (Å²) in [5.74, 6) is 0.589. The average Bonchev–Trinajstić information content (AvgIpc) is 2.29. The zero-order chi connectivity index (χ0) is 10.9. The maximum atomic E-state index is 5.87. The van der Waals surface area contributed by atoms with Crippen LogP contribution in [0.25, 0.3) is 0 Å². The van der Waals surface area contributed by atoms with Gasteiger partial charge in [-0.15, -0.1) is 0 Å². The third-order valence-corrected chi connectivity index (χ3v) is 3.11. The van der Waals surface area contributed by atoms with E-state index in [-0.39, 0.29) is 0 Å². The molecular weight excluding hydrogens is 190 g/mol. The Labute approximate surface area is 93.3 Å². The molecule has 1 fully saturated rings. The molecule has 0 aliphatic heterocycles. The van der Waals surface area contributed by atoms with Crippen LogP contribution in [0.3, 0.4) is 0 Å². The molecule has 0 radical (unpaired) electrons. The van der Waals surface area contributed by atoms with E-state index in [9.17, 15) is 0 Å². The molecule has 1 rings (SSSR count). The first kappa shape index (κ1) is 12.9. The van der Waals surface area contributed by atoms with E-state index in [0.29, 0.717) is 12.0 Å². The van der Waals surface area contributed by atoms with Crippen molar-refractivity contribution in [1.29, 1.82) is 0 Å². The van der Waals surface area contributed by atoms with Crippen molar-refractivity contribution in [2.24, 2.45) is 11.7 Å². The average molecular weight is 215 g/mol. The fourth-order valence-electron chi connectivity index (χ4n) is 2.20. The first-order valence-electron chi connectivity index (χ1n) is 6.28. The van der Waals surface area contributed by atoms with E-state index < -0.39 is 0 Å². The molecule has 90 valence electrons. The summed E-state index contributed by atoms with van der Waals surface area (Å²) < 4.78 is 11.1. The number of hydrogen-bond donors (Lipinski definition) is 1. The molecule has 0 heterocycles. The molecule has 0 saturated heterocycles. The maximum absolute atomic E-state index is 5.87. The fraction of sp³-hybridized carbons (Fsp3) is 1.00. The molecule has 3 nitrogen and oxygen atoms in total. The number of nitrogens with two attached hydrogens (primary N) is 1. The summed E-state index contributed by atoms with van der Waals surface area (Å²) in [4.78, 5) is 0. The lowest BCUT2D eigenvalue weighted by Crippen LogP contribution is -2.33. The summed E-state index contributed by atoms with van der Waals surface area (Å²) >= 11 is 0. The summed E-state index contributed by atoms with van der Waals surface area (Å²) in [6.07, 6.45) is 6.46. The summed E-state index contributed by atoms with van der Waals surface area (Å²) in [6, 6.07) is 0. The van der Waals surface area contributed by atoms with Gasteiger partial charge in [-0.3, -0.25) is 0 Å². The van der Waals surface area contributed by atoms with Gasteiger partial charge < -0.3 is 15.2 Å². The van der Waals surface area contributed by atoms with E-state index >= 15 is 0 Å². The Morgan fingerprint density at radius 3 is 2.73 bits per heavy atom. The van der Waals surface area contributed by atoms with Crippen molar-refractivity contribution in [3.63, 3.8) is 0 Å². The van der Waals surface area contributed by atoms with Crippen LogP contribution < -0.4 is 5.73 Å². The van der Waals surface area contributed by atoms with Gasteiger partial charge in [0.2, 0.25) is 0 Å². The highest BCUT2D eigenvalue weighted by Crippen LogP contribution is 2.25. The monoisotopic (exact) mass is 215 g/mol. The van der Waals surface area contributed by atoms with Gasteiger partial charge >= 0.3 is 0 Å². The van der Waals surface area contributed by atoms with Crippen molar-refractivity contribution in [1.82, 2.24) is 0 Å². The molecule has 3 heteroatoms. The summed E-state index contributed by atoms with van der Waals surface area (Å²) in [7, 11) is 0. The van der Waals surface area contributed by atoms with E-state index in [1.54, 1.807) is 0 Å². The Kier molecular flexibility index (Phi) is 6.98. The van der Waals surface area contributed by atoms with Crippen LogP contribution in [-0.2, 0) is 9.47 Å². The van der Waals surface area contributed by atoms with Gasteiger partial charge in [-0.05, 0) is 38.6 Å². The first-order valence-corrected chi connectivity index (χ1v) is 6.28. The van der Waals surface area contributed by atoms with E-state index in [1.807, 2.05) is 6.92 Å². The minimum absolute atomic E-state index is 0.408. The third kappa shape index (κ3) is 4.96. The molecule has 0 aromatic rings. The van der Waals surface area contributed by atoms with Crippen LogP contribution >= 0.6 is 0 Å². The molecule has 1 aliphatic carbocycles. The highest BCUT2D eigenvalue weighted by atomic mass is 16.5. The van der Waals surface area contributed by atoms with Gasteiger partial charge in [0.25, 0.3) is 0 Å². The Balaban J connectivity index is 2.07. The largest absolute Gasteiger partial charge is 0.382 e. The number of hydrogen-bond acceptors (Lipinski definition) is 3. The molecule has 0 aromatic heterocycles. The highest BCUT2D eigenvalue weighted by molar-refractivity contribution is 4.76. The van der Waals surface area contributed by atoms with E-state index in [2.05, 4.69) is 0 Å². The van der Waals surface area contributed by atoms with Crippen molar-refractivity contribution >= 4 is 0 Å². The quantitative estimate of drug-likeness (QED) is 0.660. The molecule has 1 aliphatic rings. The number of ether oxygens (including phenoxy) is 2. The summed E-state index contributed by atoms with van der Waals surface area (Å²) in [5.41, 5.74) is 5.74. The molecule has 2 N–H and O–H groups in total. The lowest BCUT2D eigenvalue weighted by Gasteiger charge is -2.30. The van der Waals surface area contributed by atoms with Gasteiger partial charge in [0.1, 0.15) is 0 Å². The van der Waals surface area contributed by atoms with Crippen LogP contribution in [0.1, 0.15) is 39.0 Å². The van der Waals surface area contributed by atoms with Crippen molar-refractivity contribution in [2.45, 2.75) is 45.1 Å². The molecular formula is C12H25NO2. The van der Waals surface area contributed by atoms with Gasteiger partial charge in [0, 0.05) is 19.8 Å². The van der Waals surface area contributed by atoms with E-state index in [1.165, 1.54) is 25.7 Å². The van der Waals surface area contributed by atoms with Gasteiger partial charge in [0.05, 0.1) is 6.10 Å². The lowest BCUT2D eigenvalue weighted by molar-refractivity contribution is -0.0165. The Morgan fingerprint density at radius 2 is 2.00 bits per heavy atom. The van der Waals surface area contributed by atoms with Gasteiger partial charge in [0.15, 0.2) is 0 Å². The highest BCUT2D eigenvalue weighted by Gasteiger charge is 2.24. The predicted molar refractivity (Wildman–Crippen MR) is 61.9 cm³/mol. The van der Waals surface area contributed by atoms with Crippen molar-refractivity contribution in [2.75, 3.05) is 26.4 Å². The van der Waals surface area contributed by atoms with Crippen LogP contribution in [0.5, 0.6) is 0 Å². The summed E-state index contributed by atoms with van der Waals surface area (Å²) in [5, 5.41) is 0. The SMILES string of the molecule is CCOCCCOC1CCCCC1CN. The predicted octanol–water partition coefficient (Wildman–Crippen LogP) is 1.95. The minimum atomic E-state index is 0.408. The van der Waals surface area contributed by atoms with Crippen molar-refractivity contribution in [3.8, 4) is 0 Å². The van der Waals surface area contributed by atoms with Crippen molar-refractivity contribution in [3.05, 3.63) is 0 Å². The van der Waals surface area contributed by atoms with Gasteiger partial charge in [-0.2, -0.15) is 0 Å². The Morgan fingerprint density at radius 1 is 1.20 bits per heavy atom. The van der Waals surface area contributed by atoms with Gasteiger partial charge in [-0.25, -0.2) is 0 Å². The zero-order valence-corrected chi connectivity index (χ0v) is 9.91. The zero-order valence-electron chi connectivity index (χ0n) is 9.91. The molecule has 0 spiro atoms. The van der Waals surface area contributed by atoms with Crippen LogP contribution in [0.4, 0.5) is 0 Å². The second-order valence-corrected chi connectivity index (χ2v) is 4.24. The van der Waals surface area contributed by atoms with Crippen LogP contribution in [-0.4, -0.2) is 32.5 Å². The van der Waals surface area contributed by atoms with E-state index in [0.717, 1.165) is 32.8 Å². The lowest BCUT2D eigenvalue weighted by atomic mass is 9.86. The molecule has 15 heavy (non-hydrogen) atoms. The third-order valence-electron chi connectivity index (χ3n) is 3.11. The van der Waals surface area contributed by atoms with Crippen LogP contribution in [0.15, 0.2) is 0 Å². The molecule has 2 atom stereocenters. The van der Waals surface area contributed by atoms with Crippen LogP contribution in [0, 0.1) is 5.92 Å². The molecule has 1 saturated carbocycles. The molecule has 0 bridgehead atoms. The normalized spacial score (nSPS) is 26.8. The standard InChI is InChI=1S/C12H25NO2/c1-2-14-8-5-9-15-12-7-4-3-6-11(12)10-13/h11-12H,2-10,13H2,1H3. The molecule has 0 amide bonds. The Hall–Kier alpha value is -0.120. The maximum Gasteiger partial charge on any atom is 0.0615 e. The second-order valence-electron chi connectivity index (χ2n) is 4.24. The second kappa shape index (κ2) is 8.08. The topological polar surface area (TPSA) is 44.5 Å². The fourth-order valence-corrected chi connectivity index (χ4v) is 2.20. The van der Waals surface area contributed by atoms with Crippen LogP contribution in [0.2, 0.25) is 0 Å². The first-order chi connectivity index (χ1) is 7.38. The minimum Gasteiger partial charge on any atom is -0.382 e. The molecule has 0 aromatic carbocycles. The number of rotatable bonds is 7. The van der Waals surface area contributed by atoms with Gasteiger partial charge in [-0.1, -0.05) is 12.8 Å². The Bertz CT molecular complexity index is 153. The summed E-state index contributed by atoms with van der Waals surface area (Å²) in [6.45, 7) is 5.23. The smallest absolute Gasteiger partial charge is 0.0615 e. The van der Waals surface area contributed by atoms with E-state index in [4.69, 9.17) is 15.2 Å². The van der Waals surface area contributed by atoms with Crippen molar-refractivity contribution < 1.29 is 9.47 Å².